The van der Waals surface area contributed by atoms with Gasteiger partial charge in [0, 0.05) is 25.6 Å². The molecule has 2 rings (SSSR count). The monoisotopic (exact) mass is 344 g/mol. The SMILES string of the molecule is CN(C)CCN=CC1=C(O)CC(c2ccccc2)CC1=O.[Ni+2]. The average Bonchev–Trinajstić information content (AvgIpc) is 2.46. The van der Waals surface area contributed by atoms with E-state index >= 15 is 0 Å². The van der Waals surface area contributed by atoms with Gasteiger partial charge in [-0.3, -0.25) is 9.79 Å². The third-order valence-electron chi connectivity index (χ3n) is 3.65. The van der Waals surface area contributed by atoms with Crippen molar-refractivity contribution >= 4 is 12.0 Å². The van der Waals surface area contributed by atoms with Gasteiger partial charge in [-0.2, -0.15) is 0 Å². The fourth-order valence-corrected chi connectivity index (χ4v) is 2.43. The summed E-state index contributed by atoms with van der Waals surface area (Å²) in [6.45, 7) is 1.45. The Labute approximate surface area is 141 Å². The van der Waals surface area contributed by atoms with Gasteiger partial charge in [0.15, 0.2) is 5.78 Å². The molecule has 5 heteroatoms. The first-order valence-electron chi connectivity index (χ1n) is 7.22. The van der Waals surface area contributed by atoms with Crippen LogP contribution in [-0.4, -0.2) is 49.2 Å². The number of rotatable bonds is 5. The van der Waals surface area contributed by atoms with Crippen LogP contribution in [0.15, 0.2) is 46.7 Å². The first kappa shape index (κ1) is 18.6. The summed E-state index contributed by atoms with van der Waals surface area (Å²) in [5, 5.41) is 10.1. The molecule has 0 saturated heterocycles. The summed E-state index contributed by atoms with van der Waals surface area (Å²) in [4.78, 5) is 18.5. The van der Waals surface area contributed by atoms with Gasteiger partial charge in [0.1, 0.15) is 5.76 Å². The number of aliphatic imine (C=N–C) groups is 1. The molecule has 0 fully saturated rings. The number of carbonyl (C=O) groups is 1. The van der Waals surface area contributed by atoms with Crippen LogP contribution in [0.25, 0.3) is 0 Å². The zero-order valence-corrected chi connectivity index (χ0v) is 13.9. The predicted molar refractivity (Wildman–Crippen MR) is 85.0 cm³/mol. The molecule has 1 aliphatic carbocycles. The molecule has 0 aromatic heterocycles. The second-order valence-electron chi connectivity index (χ2n) is 5.64. The Hall–Kier alpha value is -1.45. The molecular weight excluding hydrogens is 323 g/mol. The molecule has 4 nitrogen and oxygen atoms in total. The first-order valence-corrected chi connectivity index (χ1v) is 7.22. The van der Waals surface area contributed by atoms with E-state index in [1.807, 2.05) is 49.3 Å². The van der Waals surface area contributed by atoms with E-state index in [-0.39, 0.29) is 34.0 Å². The van der Waals surface area contributed by atoms with E-state index in [0.717, 1.165) is 12.1 Å². The minimum atomic E-state index is -0.0267. The number of nitrogens with zero attached hydrogens (tertiary/aromatic N) is 2. The summed E-state index contributed by atoms with van der Waals surface area (Å²) in [7, 11) is 3.95. The minimum Gasteiger partial charge on any atom is -0.511 e. The van der Waals surface area contributed by atoms with Crippen molar-refractivity contribution in [3.8, 4) is 0 Å². The van der Waals surface area contributed by atoms with E-state index in [9.17, 15) is 9.90 Å². The Bertz CT molecular complexity index is 553. The molecule has 0 heterocycles. The van der Waals surface area contributed by atoms with Crippen LogP contribution in [0, 0.1) is 0 Å². The van der Waals surface area contributed by atoms with Crippen molar-refractivity contribution in [2.24, 2.45) is 4.99 Å². The number of benzene rings is 1. The molecular formula is C17H22N2NiO2+2. The zero-order valence-electron chi connectivity index (χ0n) is 12.9. The second kappa shape index (κ2) is 8.87. The normalized spacial score (nSPS) is 18.9. The largest absolute Gasteiger partial charge is 2.00 e. The Balaban J connectivity index is 0.00000242. The molecule has 1 unspecified atom stereocenters. The number of aliphatic hydroxyl groups is 1. The van der Waals surface area contributed by atoms with Gasteiger partial charge >= 0.3 is 16.5 Å². The molecule has 120 valence electrons. The smallest absolute Gasteiger partial charge is 0.511 e. The van der Waals surface area contributed by atoms with Gasteiger partial charge in [0.25, 0.3) is 0 Å². The molecule has 0 amide bonds. The number of hydrogen-bond acceptors (Lipinski definition) is 4. The Kier molecular flexibility index (Phi) is 7.50. The molecule has 1 N–H and O–H groups in total. The molecule has 1 aliphatic rings. The Morgan fingerprint density at radius 1 is 1.27 bits per heavy atom. The molecule has 22 heavy (non-hydrogen) atoms. The van der Waals surface area contributed by atoms with Crippen molar-refractivity contribution < 1.29 is 26.4 Å². The van der Waals surface area contributed by atoms with E-state index in [2.05, 4.69) is 4.99 Å². The maximum atomic E-state index is 12.2. The zero-order chi connectivity index (χ0) is 15.2. The van der Waals surface area contributed by atoms with Crippen LogP contribution in [0.2, 0.25) is 0 Å². The second-order valence-corrected chi connectivity index (χ2v) is 5.64. The van der Waals surface area contributed by atoms with Crippen LogP contribution in [0.1, 0.15) is 24.3 Å². The molecule has 1 aromatic rings. The van der Waals surface area contributed by atoms with Crippen LogP contribution in [0.4, 0.5) is 0 Å². The van der Waals surface area contributed by atoms with Crippen molar-refractivity contribution in [1.82, 2.24) is 4.90 Å². The molecule has 1 atom stereocenters. The number of allylic oxidation sites excluding steroid dienone is 2. The topological polar surface area (TPSA) is 52.9 Å². The predicted octanol–water partition coefficient (Wildman–Crippen LogP) is 2.58. The maximum Gasteiger partial charge on any atom is 2.00 e. The van der Waals surface area contributed by atoms with Crippen molar-refractivity contribution in [2.75, 3.05) is 27.2 Å². The van der Waals surface area contributed by atoms with E-state index in [1.54, 1.807) is 0 Å². The molecule has 0 radical (unpaired) electrons. The molecule has 0 saturated carbocycles. The van der Waals surface area contributed by atoms with E-state index in [1.165, 1.54) is 6.21 Å². The van der Waals surface area contributed by atoms with Crippen molar-refractivity contribution in [2.45, 2.75) is 18.8 Å². The molecule has 1 aromatic carbocycles. The number of Topliss-reactive ketones (excluding diaryl/α,β-unsaturated/α-hetero) is 1. The van der Waals surface area contributed by atoms with Crippen molar-refractivity contribution in [3.63, 3.8) is 0 Å². The van der Waals surface area contributed by atoms with Crippen LogP contribution in [-0.2, 0) is 21.3 Å². The van der Waals surface area contributed by atoms with Crippen LogP contribution in [0.5, 0.6) is 0 Å². The number of likely N-dealkylation sites (N-methyl/N-ethyl adjacent to an activating group) is 1. The fraction of sp³-hybridized carbons (Fsp3) is 0.412. The third-order valence-corrected chi connectivity index (χ3v) is 3.65. The van der Waals surface area contributed by atoms with Gasteiger partial charge in [0.05, 0.1) is 12.1 Å². The van der Waals surface area contributed by atoms with E-state index in [0.29, 0.717) is 25.0 Å². The van der Waals surface area contributed by atoms with Crippen LogP contribution < -0.4 is 0 Å². The third kappa shape index (κ3) is 5.08. The minimum absolute atomic E-state index is 0. The summed E-state index contributed by atoms with van der Waals surface area (Å²) in [5.41, 5.74) is 1.47. The summed E-state index contributed by atoms with van der Waals surface area (Å²) < 4.78 is 0. The van der Waals surface area contributed by atoms with Gasteiger partial charge in [-0.15, -0.1) is 0 Å². The van der Waals surface area contributed by atoms with Gasteiger partial charge in [-0.25, -0.2) is 0 Å². The van der Waals surface area contributed by atoms with E-state index < -0.39 is 0 Å². The number of carbonyl (C=O) groups excluding carboxylic acids is 1. The van der Waals surface area contributed by atoms with Crippen LogP contribution in [0.3, 0.4) is 0 Å². The number of hydrogen-bond donors (Lipinski definition) is 1. The number of aliphatic hydroxyl groups excluding tert-OH is 1. The Morgan fingerprint density at radius 3 is 2.55 bits per heavy atom. The van der Waals surface area contributed by atoms with Gasteiger partial charge in [0.2, 0.25) is 0 Å². The quantitative estimate of drug-likeness (QED) is 0.659. The molecule has 0 bridgehead atoms. The Morgan fingerprint density at radius 2 is 1.95 bits per heavy atom. The summed E-state index contributed by atoms with van der Waals surface area (Å²) >= 11 is 0. The van der Waals surface area contributed by atoms with Gasteiger partial charge < -0.3 is 10.0 Å². The average molecular weight is 345 g/mol. The molecule has 0 aliphatic heterocycles. The van der Waals surface area contributed by atoms with Crippen LogP contribution >= 0.6 is 0 Å². The fourth-order valence-electron chi connectivity index (χ4n) is 2.43. The molecule has 0 spiro atoms. The van der Waals surface area contributed by atoms with Crippen molar-refractivity contribution in [3.05, 3.63) is 47.2 Å². The summed E-state index contributed by atoms with van der Waals surface area (Å²) in [6.07, 6.45) is 2.47. The first-order chi connectivity index (χ1) is 10.1. The summed E-state index contributed by atoms with van der Waals surface area (Å²) in [5.74, 6) is 0.201. The van der Waals surface area contributed by atoms with E-state index in [4.69, 9.17) is 0 Å². The maximum absolute atomic E-state index is 12.2. The standard InChI is InChI=1S/C17H22N2O2.Ni/c1-19(2)9-8-18-12-15-16(20)10-14(11-17(15)21)13-6-4-3-5-7-13;/h3-7,12,14,20H,8-11H2,1-2H3;/q;+2. The van der Waals surface area contributed by atoms with Gasteiger partial charge in [-0.1, -0.05) is 30.3 Å². The number of ketones is 1. The van der Waals surface area contributed by atoms with Gasteiger partial charge in [-0.05, 0) is 25.6 Å². The van der Waals surface area contributed by atoms with Crippen molar-refractivity contribution in [1.29, 1.82) is 0 Å². The summed E-state index contributed by atoms with van der Waals surface area (Å²) in [6, 6.07) is 9.87.